The molecule has 1 unspecified atom stereocenters. The molecule has 0 aliphatic rings. The van der Waals surface area contributed by atoms with Crippen LogP contribution in [0.25, 0.3) is 0 Å². The van der Waals surface area contributed by atoms with Gasteiger partial charge in [-0.2, -0.15) is 0 Å². The maximum Gasteiger partial charge on any atom is 0.185 e. The normalized spacial score (nSPS) is 13.2. The van der Waals surface area contributed by atoms with Gasteiger partial charge in [0.15, 0.2) is 9.84 Å². The lowest BCUT2D eigenvalue weighted by atomic mass is 10.3. The van der Waals surface area contributed by atoms with Gasteiger partial charge in [-0.25, -0.2) is 8.42 Å². The zero-order valence-electron chi connectivity index (χ0n) is 10.1. The first-order valence-corrected chi connectivity index (χ1v) is 6.68. The van der Waals surface area contributed by atoms with E-state index in [9.17, 15) is 8.42 Å². The van der Waals surface area contributed by atoms with Gasteiger partial charge in [0.1, 0.15) is 16.4 Å². The van der Waals surface area contributed by atoms with Crippen molar-refractivity contribution in [2.45, 2.75) is 17.1 Å². The second-order valence-electron chi connectivity index (χ2n) is 3.61. The molecule has 0 saturated heterocycles. The van der Waals surface area contributed by atoms with E-state index in [2.05, 4.69) is 0 Å². The highest BCUT2D eigenvalue weighted by atomic mass is 32.2. The van der Waals surface area contributed by atoms with Crippen LogP contribution in [0.2, 0.25) is 0 Å². The van der Waals surface area contributed by atoms with E-state index in [1.165, 1.54) is 20.3 Å². The van der Waals surface area contributed by atoms with Gasteiger partial charge in [0, 0.05) is 12.6 Å². The number of sulfone groups is 1. The summed E-state index contributed by atoms with van der Waals surface area (Å²) in [4.78, 5) is 0.109. The second-order valence-corrected chi connectivity index (χ2v) is 5.94. The predicted molar refractivity (Wildman–Crippen MR) is 65.2 cm³/mol. The number of hydrogen-bond acceptors (Lipinski definition) is 5. The standard InChI is InChI=1S/C11H17NO4S/c1-8(7-12)17(13,14)11-6-9(15-2)4-5-10(11)16-3/h4-6,8H,7,12H2,1-3H3. The van der Waals surface area contributed by atoms with Crippen LogP contribution in [0.15, 0.2) is 23.1 Å². The summed E-state index contributed by atoms with van der Waals surface area (Å²) in [6.07, 6.45) is 0. The van der Waals surface area contributed by atoms with Crippen LogP contribution in [0.1, 0.15) is 6.92 Å². The Kier molecular flexibility index (Phi) is 4.36. The topological polar surface area (TPSA) is 78.6 Å². The average Bonchev–Trinajstić information content (AvgIpc) is 2.36. The highest BCUT2D eigenvalue weighted by Gasteiger charge is 2.26. The van der Waals surface area contributed by atoms with Crippen molar-refractivity contribution in [3.63, 3.8) is 0 Å². The van der Waals surface area contributed by atoms with Gasteiger partial charge in [-0.15, -0.1) is 0 Å². The monoisotopic (exact) mass is 259 g/mol. The fraction of sp³-hybridized carbons (Fsp3) is 0.455. The first-order valence-electron chi connectivity index (χ1n) is 5.13. The molecular formula is C11H17NO4S. The fourth-order valence-corrected chi connectivity index (χ4v) is 2.75. The molecular weight excluding hydrogens is 242 g/mol. The quantitative estimate of drug-likeness (QED) is 0.847. The molecule has 1 atom stereocenters. The van der Waals surface area contributed by atoms with Crippen LogP contribution in [0.4, 0.5) is 0 Å². The fourth-order valence-electron chi connectivity index (χ4n) is 1.35. The Labute approximate surface area is 101 Å². The molecule has 2 N–H and O–H groups in total. The molecule has 0 fully saturated rings. The molecule has 0 spiro atoms. The van der Waals surface area contributed by atoms with E-state index in [4.69, 9.17) is 15.2 Å². The minimum atomic E-state index is -3.49. The largest absolute Gasteiger partial charge is 0.497 e. The lowest BCUT2D eigenvalue weighted by Crippen LogP contribution is -2.27. The van der Waals surface area contributed by atoms with Crippen LogP contribution in [-0.2, 0) is 9.84 Å². The zero-order chi connectivity index (χ0) is 13.1. The molecule has 0 aliphatic heterocycles. The first-order chi connectivity index (χ1) is 7.97. The van der Waals surface area contributed by atoms with Crippen molar-refractivity contribution in [3.8, 4) is 11.5 Å². The van der Waals surface area contributed by atoms with Crippen LogP contribution < -0.4 is 15.2 Å². The van der Waals surface area contributed by atoms with Gasteiger partial charge in [-0.3, -0.25) is 0 Å². The number of nitrogens with two attached hydrogens (primary N) is 1. The Morgan fingerprint density at radius 2 is 1.94 bits per heavy atom. The van der Waals surface area contributed by atoms with Crippen molar-refractivity contribution in [2.75, 3.05) is 20.8 Å². The van der Waals surface area contributed by atoms with E-state index in [0.717, 1.165) is 0 Å². The van der Waals surface area contributed by atoms with E-state index in [1.807, 2.05) is 0 Å². The Morgan fingerprint density at radius 1 is 1.29 bits per heavy atom. The highest BCUT2D eigenvalue weighted by molar-refractivity contribution is 7.92. The van der Waals surface area contributed by atoms with E-state index in [1.54, 1.807) is 19.1 Å². The zero-order valence-corrected chi connectivity index (χ0v) is 11.0. The molecule has 1 rings (SSSR count). The number of methoxy groups -OCH3 is 2. The Hall–Kier alpha value is -1.27. The van der Waals surface area contributed by atoms with Gasteiger partial charge in [-0.05, 0) is 19.1 Å². The van der Waals surface area contributed by atoms with Crippen LogP contribution >= 0.6 is 0 Å². The molecule has 0 amide bonds. The third kappa shape index (κ3) is 2.70. The van der Waals surface area contributed by atoms with E-state index in [0.29, 0.717) is 11.5 Å². The summed E-state index contributed by atoms with van der Waals surface area (Å²) in [5.74, 6) is 0.764. The van der Waals surface area contributed by atoms with Crippen molar-refractivity contribution < 1.29 is 17.9 Å². The van der Waals surface area contributed by atoms with Crippen LogP contribution in [-0.4, -0.2) is 34.4 Å². The minimum absolute atomic E-state index is 0.0582. The Balaban J connectivity index is 3.37. The van der Waals surface area contributed by atoms with Gasteiger partial charge in [-0.1, -0.05) is 0 Å². The second kappa shape index (κ2) is 5.37. The molecule has 1 aromatic rings. The summed E-state index contributed by atoms with van der Waals surface area (Å²) >= 11 is 0. The van der Waals surface area contributed by atoms with Crippen molar-refractivity contribution in [1.29, 1.82) is 0 Å². The molecule has 17 heavy (non-hydrogen) atoms. The van der Waals surface area contributed by atoms with E-state index < -0.39 is 15.1 Å². The molecule has 96 valence electrons. The lowest BCUT2D eigenvalue weighted by molar-refractivity contribution is 0.392. The highest BCUT2D eigenvalue weighted by Crippen LogP contribution is 2.30. The van der Waals surface area contributed by atoms with Gasteiger partial charge in [0.2, 0.25) is 0 Å². The molecule has 0 bridgehead atoms. The Morgan fingerprint density at radius 3 is 2.41 bits per heavy atom. The van der Waals surface area contributed by atoms with Crippen molar-refractivity contribution in [2.24, 2.45) is 5.73 Å². The van der Waals surface area contributed by atoms with Crippen molar-refractivity contribution >= 4 is 9.84 Å². The Bertz CT molecular complexity index is 484. The molecule has 0 radical (unpaired) electrons. The van der Waals surface area contributed by atoms with Gasteiger partial charge < -0.3 is 15.2 Å². The summed E-state index contributed by atoms with van der Waals surface area (Å²) in [6, 6.07) is 4.65. The summed E-state index contributed by atoms with van der Waals surface area (Å²) < 4.78 is 34.5. The average molecular weight is 259 g/mol. The SMILES string of the molecule is COc1ccc(OC)c(S(=O)(=O)C(C)CN)c1. The van der Waals surface area contributed by atoms with Crippen LogP contribution in [0, 0.1) is 0 Å². The maximum absolute atomic E-state index is 12.2. The van der Waals surface area contributed by atoms with Crippen LogP contribution in [0.5, 0.6) is 11.5 Å². The molecule has 1 aromatic carbocycles. The molecule has 6 heteroatoms. The molecule has 0 aromatic heterocycles. The number of rotatable bonds is 5. The summed E-state index contributed by atoms with van der Waals surface area (Å²) in [5, 5.41) is -0.663. The smallest absolute Gasteiger partial charge is 0.185 e. The van der Waals surface area contributed by atoms with Gasteiger partial charge in [0.25, 0.3) is 0 Å². The number of benzene rings is 1. The molecule has 0 heterocycles. The summed E-state index contributed by atoms with van der Waals surface area (Å²) in [5.41, 5.74) is 5.41. The summed E-state index contributed by atoms with van der Waals surface area (Å²) in [7, 11) is -0.593. The first kappa shape index (κ1) is 13.8. The third-order valence-corrected chi connectivity index (χ3v) is 4.72. The van der Waals surface area contributed by atoms with Gasteiger partial charge in [0.05, 0.1) is 19.5 Å². The molecule has 0 saturated carbocycles. The minimum Gasteiger partial charge on any atom is -0.497 e. The third-order valence-electron chi connectivity index (χ3n) is 2.54. The van der Waals surface area contributed by atoms with Crippen molar-refractivity contribution in [1.82, 2.24) is 0 Å². The number of hydrogen-bond donors (Lipinski definition) is 1. The summed E-state index contributed by atoms with van der Waals surface area (Å²) in [6.45, 7) is 1.62. The maximum atomic E-state index is 12.2. The van der Waals surface area contributed by atoms with Gasteiger partial charge >= 0.3 is 0 Å². The number of ether oxygens (including phenoxy) is 2. The predicted octanol–water partition coefficient (Wildman–Crippen LogP) is 0.825. The molecule has 0 aliphatic carbocycles. The van der Waals surface area contributed by atoms with E-state index in [-0.39, 0.29) is 11.4 Å². The molecule has 5 nitrogen and oxygen atoms in total. The van der Waals surface area contributed by atoms with Crippen LogP contribution in [0.3, 0.4) is 0 Å². The van der Waals surface area contributed by atoms with Crippen molar-refractivity contribution in [3.05, 3.63) is 18.2 Å². The van der Waals surface area contributed by atoms with E-state index >= 15 is 0 Å². The lowest BCUT2D eigenvalue weighted by Gasteiger charge is -2.14.